The van der Waals surface area contributed by atoms with Gasteiger partial charge in [-0.1, -0.05) is 13.8 Å². The molecule has 6 heteroatoms. The first kappa shape index (κ1) is 22.4. The van der Waals surface area contributed by atoms with Crippen molar-refractivity contribution in [2.24, 2.45) is 16.3 Å². The zero-order valence-electron chi connectivity index (χ0n) is 17.9. The van der Waals surface area contributed by atoms with Crippen LogP contribution in [0, 0.1) is 11.3 Å². The van der Waals surface area contributed by atoms with Gasteiger partial charge in [0.2, 0.25) is 0 Å². The second kappa shape index (κ2) is 11.9. The lowest BCUT2D eigenvalue weighted by molar-refractivity contribution is -0.133. The van der Waals surface area contributed by atoms with E-state index in [0.29, 0.717) is 18.1 Å². The molecule has 1 saturated carbocycles. The molecule has 2 N–H and O–H groups in total. The maximum absolute atomic E-state index is 5.97. The van der Waals surface area contributed by atoms with Crippen LogP contribution in [0.15, 0.2) is 4.99 Å². The summed E-state index contributed by atoms with van der Waals surface area (Å²) in [6.45, 7) is 11.7. The molecule has 1 saturated heterocycles. The quantitative estimate of drug-likeness (QED) is 0.326. The van der Waals surface area contributed by atoms with Crippen LogP contribution in [0.3, 0.4) is 0 Å². The van der Waals surface area contributed by atoms with Crippen LogP contribution in [0.1, 0.15) is 59.3 Å². The molecule has 158 valence electrons. The predicted octanol–water partition coefficient (Wildman–Crippen LogP) is 2.97. The van der Waals surface area contributed by atoms with Crippen LogP contribution in [0.2, 0.25) is 0 Å². The summed E-state index contributed by atoms with van der Waals surface area (Å²) in [6, 6.07) is 0.431. The normalized spacial score (nSPS) is 25.9. The summed E-state index contributed by atoms with van der Waals surface area (Å²) in [4.78, 5) is 4.41. The van der Waals surface area contributed by atoms with Crippen molar-refractivity contribution in [2.45, 2.75) is 71.4 Å². The van der Waals surface area contributed by atoms with E-state index in [0.717, 1.165) is 84.1 Å². The molecule has 2 unspecified atom stereocenters. The predicted molar refractivity (Wildman–Crippen MR) is 110 cm³/mol. The van der Waals surface area contributed by atoms with Crippen LogP contribution >= 0.6 is 0 Å². The summed E-state index contributed by atoms with van der Waals surface area (Å²) in [5.41, 5.74) is 0.223. The zero-order chi connectivity index (χ0) is 19.5. The minimum atomic E-state index is 0.223. The lowest BCUT2D eigenvalue weighted by Crippen LogP contribution is -2.65. The number of ether oxygens (including phenoxy) is 3. The third-order valence-electron chi connectivity index (χ3n) is 6.46. The highest BCUT2D eigenvalue weighted by Crippen LogP contribution is 2.48. The van der Waals surface area contributed by atoms with E-state index in [1.807, 2.05) is 7.05 Å². The van der Waals surface area contributed by atoms with Gasteiger partial charge in [-0.25, -0.2) is 0 Å². The SMILES string of the molecule is CCOC1CC(NC(=NC)NCCCOCC2CCOCC2)C1(CC)CC. The van der Waals surface area contributed by atoms with E-state index in [4.69, 9.17) is 14.2 Å². The molecule has 0 aromatic heterocycles. The van der Waals surface area contributed by atoms with Gasteiger partial charge in [0.25, 0.3) is 0 Å². The van der Waals surface area contributed by atoms with Crippen molar-refractivity contribution in [1.82, 2.24) is 10.6 Å². The van der Waals surface area contributed by atoms with Crippen molar-refractivity contribution >= 4 is 5.96 Å². The van der Waals surface area contributed by atoms with Gasteiger partial charge in [0, 0.05) is 58.1 Å². The highest BCUT2D eigenvalue weighted by atomic mass is 16.5. The summed E-state index contributed by atoms with van der Waals surface area (Å²) in [5, 5.41) is 7.07. The van der Waals surface area contributed by atoms with Crippen LogP contribution in [-0.4, -0.2) is 64.7 Å². The minimum absolute atomic E-state index is 0.223. The number of nitrogens with one attached hydrogen (secondary N) is 2. The maximum atomic E-state index is 5.97. The first-order valence-electron chi connectivity index (χ1n) is 10.9. The number of guanidine groups is 1. The van der Waals surface area contributed by atoms with E-state index in [9.17, 15) is 0 Å². The van der Waals surface area contributed by atoms with Crippen molar-refractivity contribution in [3.63, 3.8) is 0 Å². The van der Waals surface area contributed by atoms with Gasteiger partial charge >= 0.3 is 0 Å². The minimum Gasteiger partial charge on any atom is -0.381 e. The standard InChI is InChI=1S/C21H41N3O3/c1-5-21(6-2)18(15-19(21)27-7-3)24-20(22-4)23-11-8-12-26-16-17-9-13-25-14-10-17/h17-19H,5-16H2,1-4H3,(H2,22,23,24). The summed E-state index contributed by atoms with van der Waals surface area (Å²) in [5.74, 6) is 1.57. The van der Waals surface area contributed by atoms with Crippen molar-refractivity contribution in [2.75, 3.05) is 46.6 Å². The summed E-state index contributed by atoms with van der Waals surface area (Å²) >= 11 is 0. The maximum Gasteiger partial charge on any atom is 0.191 e. The molecular weight excluding hydrogens is 342 g/mol. The van der Waals surface area contributed by atoms with Gasteiger partial charge in [-0.05, 0) is 51.4 Å². The van der Waals surface area contributed by atoms with Gasteiger partial charge in [-0.3, -0.25) is 4.99 Å². The smallest absolute Gasteiger partial charge is 0.191 e. The molecule has 27 heavy (non-hydrogen) atoms. The molecule has 6 nitrogen and oxygen atoms in total. The highest BCUT2D eigenvalue weighted by molar-refractivity contribution is 5.80. The molecule has 0 aromatic rings. The van der Waals surface area contributed by atoms with Crippen molar-refractivity contribution in [3.8, 4) is 0 Å². The number of nitrogens with zero attached hydrogens (tertiary/aromatic N) is 1. The monoisotopic (exact) mass is 383 g/mol. The number of aliphatic imine (C=N–C) groups is 1. The van der Waals surface area contributed by atoms with Gasteiger partial charge in [0.1, 0.15) is 0 Å². The lowest BCUT2D eigenvalue weighted by Gasteiger charge is -2.55. The van der Waals surface area contributed by atoms with Crippen LogP contribution in [0.5, 0.6) is 0 Å². The molecule has 1 aliphatic carbocycles. The van der Waals surface area contributed by atoms with Crippen molar-refractivity contribution in [3.05, 3.63) is 0 Å². The first-order valence-corrected chi connectivity index (χ1v) is 10.9. The zero-order valence-corrected chi connectivity index (χ0v) is 17.9. The number of hydrogen-bond donors (Lipinski definition) is 2. The van der Waals surface area contributed by atoms with Crippen molar-refractivity contribution < 1.29 is 14.2 Å². The Labute approximate surface area is 165 Å². The Hall–Kier alpha value is -0.850. The number of hydrogen-bond acceptors (Lipinski definition) is 4. The third kappa shape index (κ3) is 6.06. The van der Waals surface area contributed by atoms with Crippen LogP contribution < -0.4 is 10.6 Å². The summed E-state index contributed by atoms with van der Waals surface area (Å²) < 4.78 is 17.2. The van der Waals surface area contributed by atoms with Crippen LogP contribution in [0.25, 0.3) is 0 Å². The molecule has 1 aliphatic heterocycles. The Kier molecular flexibility index (Phi) is 9.87. The first-order chi connectivity index (χ1) is 13.2. The molecular formula is C21H41N3O3. The molecule has 2 atom stereocenters. The van der Waals surface area contributed by atoms with E-state index in [2.05, 4.69) is 36.4 Å². The Morgan fingerprint density at radius 2 is 1.93 bits per heavy atom. The lowest BCUT2D eigenvalue weighted by atomic mass is 9.58. The van der Waals surface area contributed by atoms with Crippen LogP contribution in [0.4, 0.5) is 0 Å². The second-order valence-electron chi connectivity index (χ2n) is 7.80. The third-order valence-corrected chi connectivity index (χ3v) is 6.46. The molecule has 0 radical (unpaired) electrons. The Morgan fingerprint density at radius 3 is 2.56 bits per heavy atom. The molecule has 0 spiro atoms. The average Bonchev–Trinajstić information content (AvgIpc) is 2.70. The summed E-state index contributed by atoms with van der Waals surface area (Å²) in [6.07, 6.45) is 6.94. The number of rotatable bonds is 11. The van der Waals surface area contributed by atoms with Gasteiger partial charge in [0.05, 0.1) is 6.10 Å². The van der Waals surface area contributed by atoms with Crippen molar-refractivity contribution in [1.29, 1.82) is 0 Å². The van der Waals surface area contributed by atoms with E-state index in [-0.39, 0.29) is 5.41 Å². The van der Waals surface area contributed by atoms with E-state index < -0.39 is 0 Å². The second-order valence-corrected chi connectivity index (χ2v) is 7.80. The summed E-state index contributed by atoms with van der Waals surface area (Å²) in [7, 11) is 1.84. The Bertz CT molecular complexity index is 434. The molecule has 0 amide bonds. The van der Waals surface area contributed by atoms with E-state index in [1.165, 1.54) is 0 Å². The van der Waals surface area contributed by atoms with E-state index in [1.54, 1.807) is 0 Å². The van der Waals surface area contributed by atoms with Gasteiger partial charge in [-0.15, -0.1) is 0 Å². The fraction of sp³-hybridized carbons (Fsp3) is 0.952. The molecule has 0 bridgehead atoms. The largest absolute Gasteiger partial charge is 0.381 e. The van der Waals surface area contributed by atoms with Gasteiger partial charge < -0.3 is 24.8 Å². The van der Waals surface area contributed by atoms with E-state index >= 15 is 0 Å². The Morgan fingerprint density at radius 1 is 1.19 bits per heavy atom. The fourth-order valence-electron chi connectivity index (χ4n) is 4.49. The molecule has 2 fully saturated rings. The van der Waals surface area contributed by atoms with Gasteiger partial charge in [0.15, 0.2) is 5.96 Å². The Balaban J connectivity index is 1.64. The molecule has 1 heterocycles. The average molecular weight is 384 g/mol. The molecule has 2 aliphatic rings. The van der Waals surface area contributed by atoms with Crippen LogP contribution in [-0.2, 0) is 14.2 Å². The topological polar surface area (TPSA) is 64.1 Å². The highest BCUT2D eigenvalue weighted by Gasteiger charge is 2.53. The molecule has 0 aromatic carbocycles. The molecule has 2 rings (SSSR count). The van der Waals surface area contributed by atoms with Gasteiger partial charge in [-0.2, -0.15) is 0 Å². The fourth-order valence-corrected chi connectivity index (χ4v) is 4.49.